The molecule has 0 saturated carbocycles. The molecule has 1 aromatic carbocycles. The van der Waals surface area contributed by atoms with Gasteiger partial charge in [0.25, 0.3) is 5.69 Å². The van der Waals surface area contributed by atoms with Crippen LogP contribution >= 0.6 is 11.6 Å². The van der Waals surface area contributed by atoms with Crippen LogP contribution in [0.5, 0.6) is 0 Å². The first-order valence-electron chi connectivity index (χ1n) is 6.02. The fourth-order valence-electron chi connectivity index (χ4n) is 2.13. The minimum atomic E-state index is -0.414. The Labute approximate surface area is 111 Å². The molecule has 0 bridgehead atoms. The molecule has 0 heterocycles. The Morgan fingerprint density at radius 2 is 2.28 bits per heavy atom. The van der Waals surface area contributed by atoms with Crippen molar-refractivity contribution in [3.05, 3.63) is 45.0 Å². The Morgan fingerprint density at radius 1 is 1.44 bits per heavy atom. The highest BCUT2D eigenvalue weighted by Crippen LogP contribution is 2.28. The minimum absolute atomic E-state index is 0.0305. The molecule has 0 spiro atoms. The van der Waals surface area contributed by atoms with Gasteiger partial charge in [-0.15, -0.1) is 0 Å². The lowest BCUT2D eigenvalue weighted by atomic mass is 10.1. The van der Waals surface area contributed by atoms with Gasteiger partial charge in [-0.1, -0.05) is 23.3 Å². The molecule has 0 atom stereocenters. The zero-order valence-corrected chi connectivity index (χ0v) is 10.7. The van der Waals surface area contributed by atoms with Crippen LogP contribution in [-0.2, 0) is 0 Å². The second kappa shape index (κ2) is 5.87. The molecule has 0 unspecified atom stereocenters. The molecule has 0 radical (unpaired) electrons. The number of hydrogen-bond acceptors (Lipinski definition) is 3. The van der Waals surface area contributed by atoms with Crippen molar-refractivity contribution < 1.29 is 4.92 Å². The zero-order valence-electron chi connectivity index (χ0n) is 9.99. The molecule has 0 aliphatic heterocycles. The highest BCUT2D eigenvalue weighted by atomic mass is 35.5. The van der Waals surface area contributed by atoms with Gasteiger partial charge in [0.15, 0.2) is 0 Å². The molecule has 4 nitrogen and oxygen atoms in total. The van der Waals surface area contributed by atoms with Crippen molar-refractivity contribution in [2.24, 2.45) is 0 Å². The van der Waals surface area contributed by atoms with Crippen LogP contribution in [-0.4, -0.2) is 11.5 Å². The molecular weight excluding hydrogens is 252 g/mol. The maximum absolute atomic E-state index is 10.9. The Bertz CT molecular complexity index is 486. The van der Waals surface area contributed by atoms with Gasteiger partial charge in [-0.25, -0.2) is 0 Å². The molecule has 1 aliphatic carbocycles. The quantitative estimate of drug-likeness (QED) is 0.495. The van der Waals surface area contributed by atoms with Crippen LogP contribution in [0.2, 0.25) is 5.02 Å². The van der Waals surface area contributed by atoms with Crippen molar-refractivity contribution in [3.63, 3.8) is 0 Å². The highest BCUT2D eigenvalue weighted by molar-refractivity contribution is 6.30. The van der Waals surface area contributed by atoms with E-state index in [1.807, 2.05) is 0 Å². The van der Waals surface area contributed by atoms with Crippen molar-refractivity contribution in [1.82, 2.24) is 0 Å². The summed E-state index contributed by atoms with van der Waals surface area (Å²) in [6.07, 6.45) is 6.76. The van der Waals surface area contributed by atoms with E-state index < -0.39 is 4.92 Å². The Morgan fingerprint density at radius 3 is 2.94 bits per heavy atom. The van der Waals surface area contributed by atoms with Gasteiger partial charge < -0.3 is 5.32 Å². The maximum Gasteiger partial charge on any atom is 0.293 e. The third-order valence-electron chi connectivity index (χ3n) is 3.05. The van der Waals surface area contributed by atoms with Gasteiger partial charge in [-0.2, -0.15) is 0 Å². The number of rotatable bonds is 5. The van der Waals surface area contributed by atoms with Gasteiger partial charge in [0.2, 0.25) is 0 Å². The molecule has 0 fully saturated rings. The van der Waals surface area contributed by atoms with E-state index in [-0.39, 0.29) is 5.69 Å². The predicted molar refractivity (Wildman–Crippen MR) is 73.1 cm³/mol. The van der Waals surface area contributed by atoms with Gasteiger partial charge in [-0.05, 0) is 37.8 Å². The molecule has 1 aromatic rings. The fraction of sp³-hybridized carbons (Fsp3) is 0.385. The number of nitrogens with one attached hydrogen (secondary N) is 1. The van der Waals surface area contributed by atoms with Crippen molar-refractivity contribution >= 4 is 23.0 Å². The summed E-state index contributed by atoms with van der Waals surface area (Å²) in [6.45, 7) is 0.717. The standard InChI is InChI=1S/C13H15ClN2O2/c14-11-5-6-12(13(9-11)16(17)18)15-8-7-10-3-1-2-4-10/h3,5-6,9,15H,1-2,4,7-8H2. The van der Waals surface area contributed by atoms with Gasteiger partial charge >= 0.3 is 0 Å². The maximum atomic E-state index is 10.9. The van der Waals surface area contributed by atoms with E-state index in [4.69, 9.17) is 11.6 Å². The third-order valence-corrected chi connectivity index (χ3v) is 3.29. The molecule has 96 valence electrons. The molecule has 1 aliphatic rings. The summed E-state index contributed by atoms with van der Waals surface area (Å²) < 4.78 is 0. The van der Waals surface area contributed by atoms with Gasteiger partial charge in [0, 0.05) is 17.6 Å². The van der Waals surface area contributed by atoms with Crippen molar-refractivity contribution in [1.29, 1.82) is 0 Å². The lowest BCUT2D eigenvalue weighted by Crippen LogP contribution is -2.04. The summed E-state index contributed by atoms with van der Waals surface area (Å²) in [7, 11) is 0. The number of anilines is 1. The van der Waals surface area contributed by atoms with E-state index in [2.05, 4.69) is 11.4 Å². The third kappa shape index (κ3) is 3.23. The average Bonchev–Trinajstić information content (AvgIpc) is 2.84. The topological polar surface area (TPSA) is 55.2 Å². The number of nitro groups is 1. The number of benzene rings is 1. The highest BCUT2D eigenvalue weighted by Gasteiger charge is 2.14. The molecule has 0 amide bonds. The van der Waals surface area contributed by atoms with Crippen LogP contribution in [0.4, 0.5) is 11.4 Å². The van der Waals surface area contributed by atoms with E-state index in [1.165, 1.54) is 18.1 Å². The Hall–Kier alpha value is -1.55. The van der Waals surface area contributed by atoms with Crippen LogP contribution in [0.15, 0.2) is 29.8 Å². The largest absolute Gasteiger partial charge is 0.379 e. The zero-order chi connectivity index (χ0) is 13.0. The second-order valence-corrected chi connectivity index (χ2v) is 4.79. The van der Waals surface area contributed by atoms with Gasteiger partial charge in [-0.3, -0.25) is 10.1 Å². The summed E-state index contributed by atoms with van der Waals surface area (Å²) in [4.78, 5) is 10.5. The SMILES string of the molecule is O=[N+]([O-])c1cc(Cl)ccc1NCCC1=CCCC1. The lowest BCUT2D eigenvalue weighted by Gasteiger charge is -2.07. The molecule has 1 N–H and O–H groups in total. The Kier molecular flexibility index (Phi) is 4.20. The fourth-order valence-corrected chi connectivity index (χ4v) is 2.29. The first-order chi connectivity index (χ1) is 8.66. The van der Waals surface area contributed by atoms with Gasteiger partial charge in [0.1, 0.15) is 5.69 Å². The van der Waals surface area contributed by atoms with E-state index in [1.54, 1.807) is 12.1 Å². The first kappa shape index (κ1) is 12.9. The van der Waals surface area contributed by atoms with Crippen molar-refractivity contribution in [3.8, 4) is 0 Å². The number of allylic oxidation sites excluding steroid dienone is 1. The summed E-state index contributed by atoms with van der Waals surface area (Å²) in [5.74, 6) is 0. The summed E-state index contributed by atoms with van der Waals surface area (Å²) >= 11 is 5.76. The smallest absolute Gasteiger partial charge is 0.293 e. The average molecular weight is 267 g/mol. The van der Waals surface area contributed by atoms with E-state index in [9.17, 15) is 10.1 Å². The number of nitro benzene ring substituents is 1. The molecule has 5 heteroatoms. The lowest BCUT2D eigenvalue weighted by molar-refractivity contribution is -0.383. The van der Waals surface area contributed by atoms with Crippen LogP contribution in [0.3, 0.4) is 0 Å². The van der Waals surface area contributed by atoms with Crippen LogP contribution in [0.1, 0.15) is 25.7 Å². The minimum Gasteiger partial charge on any atom is -0.379 e. The van der Waals surface area contributed by atoms with E-state index in [0.29, 0.717) is 17.3 Å². The molecular formula is C13H15ClN2O2. The molecule has 18 heavy (non-hydrogen) atoms. The number of hydrogen-bond donors (Lipinski definition) is 1. The van der Waals surface area contributed by atoms with Crippen LogP contribution in [0.25, 0.3) is 0 Å². The molecule has 2 rings (SSSR count). The van der Waals surface area contributed by atoms with Crippen molar-refractivity contribution in [2.45, 2.75) is 25.7 Å². The number of nitrogens with zero attached hydrogens (tertiary/aromatic N) is 1. The number of halogens is 1. The first-order valence-corrected chi connectivity index (χ1v) is 6.40. The van der Waals surface area contributed by atoms with E-state index >= 15 is 0 Å². The van der Waals surface area contributed by atoms with Crippen molar-refractivity contribution in [2.75, 3.05) is 11.9 Å². The normalized spacial score (nSPS) is 14.4. The summed E-state index contributed by atoms with van der Waals surface area (Å²) in [5.41, 5.74) is 2.00. The summed E-state index contributed by atoms with van der Waals surface area (Å²) in [5, 5.41) is 14.4. The van der Waals surface area contributed by atoms with Crippen LogP contribution in [0, 0.1) is 10.1 Å². The van der Waals surface area contributed by atoms with E-state index in [0.717, 1.165) is 19.3 Å². The predicted octanol–water partition coefficient (Wildman–Crippen LogP) is 4.16. The second-order valence-electron chi connectivity index (χ2n) is 4.35. The molecule has 0 saturated heterocycles. The van der Waals surface area contributed by atoms with Gasteiger partial charge in [0.05, 0.1) is 4.92 Å². The van der Waals surface area contributed by atoms with Crippen LogP contribution < -0.4 is 5.32 Å². The summed E-state index contributed by atoms with van der Waals surface area (Å²) in [6, 6.07) is 4.69. The monoisotopic (exact) mass is 266 g/mol. The Balaban J connectivity index is 1.98. The molecule has 0 aromatic heterocycles.